The number of fused-ring (bicyclic) bond motifs is 1. The van der Waals surface area contributed by atoms with Crippen molar-refractivity contribution >= 4 is 23.1 Å². The lowest BCUT2D eigenvalue weighted by atomic mass is 10.3. The van der Waals surface area contributed by atoms with Crippen LogP contribution in [0.15, 0.2) is 23.1 Å². The third kappa shape index (κ3) is 1.50. The Hall–Kier alpha value is -0.830. The van der Waals surface area contributed by atoms with E-state index in [1.54, 1.807) is 0 Å². The van der Waals surface area contributed by atoms with Crippen LogP contribution in [0.1, 0.15) is 6.42 Å². The highest BCUT2D eigenvalue weighted by Crippen LogP contribution is 2.31. The molecule has 0 bridgehead atoms. The first kappa shape index (κ1) is 7.80. The average Bonchev–Trinajstić information content (AvgIpc) is 2.28. The molecule has 0 radical (unpaired) electrons. The Bertz CT molecular complexity index is 286. The molecule has 1 aromatic rings. The molecule has 0 spiro atoms. The van der Waals surface area contributed by atoms with Crippen LogP contribution in [0.25, 0.3) is 0 Å². The molecule has 0 fully saturated rings. The van der Waals surface area contributed by atoms with Gasteiger partial charge < -0.3 is 11.1 Å². The van der Waals surface area contributed by atoms with E-state index < -0.39 is 0 Å². The van der Waals surface area contributed by atoms with Crippen molar-refractivity contribution in [3.8, 4) is 0 Å². The molecule has 0 saturated carbocycles. The molecule has 0 aliphatic carbocycles. The first-order chi connectivity index (χ1) is 5.86. The molecule has 0 unspecified atom stereocenters. The highest BCUT2D eigenvalue weighted by Gasteiger charge is 2.06. The van der Waals surface area contributed by atoms with Gasteiger partial charge in [-0.3, -0.25) is 0 Å². The van der Waals surface area contributed by atoms with Crippen LogP contribution in [0.2, 0.25) is 0 Å². The predicted octanol–water partition coefficient (Wildman–Crippen LogP) is 2.18. The fourth-order valence-electron chi connectivity index (χ4n) is 1.29. The smallest absolute Gasteiger partial charge is 0.0499 e. The van der Waals surface area contributed by atoms with Crippen molar-refractivity contribution in [2.24, 2.45) is 0 Å². The maximum atomic E-state index is 5.68. The van der Waals surface area contributed by atoms with Gasteiger partial charge in [-0.15, -0.1) is 11.8 Å². The zero-order valence-corrected chi connectivity index (χ0v) is 7.66. The molecular formula is C9H12N2S. The van der Waals surface area contributed by atoms with E-state index in [-0.39, 0.29) is 0 Å². The lowest BCUT2D eigenvalue weighted by molar-refractivity contribution is 1.000. The predicted molar refractivity (Wildman–Crippen MR) is 54.7 cm³/mol. The van der Waals surface area contributed by atoms with Crippen molar-refractivity contribution in [3.63, 3.8) is 0 Å². The average molecular weight is 180 g/mol. The Morgan fingerprint density at radius 3 is 3.25 bits per heavy atom. The number of hydrogen-bond donors (Lipinski definition) is 2. The molecule has 64 valence electrons. The third-order valence-corrected chi connectivity index (χ3v) is 3.06. The molecule has 2 nitrogen and oxygen atoms in total. The minimum Gasteiger partial charge on any atom is -0.399 e. The molecule has 1 aliphatic heterocycles. The number of nitrogen functional groups attached to an aromatic ring is 1. The van der Waals surface area contributed by atoms with Crippen LogP contribution in [0.4, 0.5) is 11.4 Å². The maximum absolute atomic E-state index is 5.68. The van der Waals surface area contributed by atoms with Crippen molar-refractivity contribution < 1.29 is 0 Å². The van der Waals surface area contributed by atoms with Crippen molar-refractivity contribution in [2.75, 3.05) is 23.3 Å². The molecule has 0 atom stereocenters. The van der Waals surface area contributed by atoms with Crippen LogP contribution in [-0.4, -0.2) is 12.3 Å². The molecule has 12 heavy (non-hydrogen) atoms. The molecule has 3 heteroatoms. The van der Waals surface area contributed by atoms with E-state index in [4.69, 9.17) is 5.73 Å². The zero-order chi connectivity index (χ0) is 8.39. The number of rotatable bonds is 0. The monoisotopic (exact) mass is 180 g/mol. The summed E-state index contributed by atoms with van der Waals surface area (Å²) in [5.74, 6) is 1.20. The van der Waals surface area contributed by atoms with Gasteiger partial charge in [0.1, 0.15) is 0 Å². The number of nitrogens with two attached hydrogens (primary N) is 1. The molecule has 0 saturated heterocycles. The summed E-state index contributed by atoms with van der Waals surface area (Å²) < 4.78 is 0. The molecule has 2 rings (SSSR count). The molecule has 0 amide bonds. The maximum Gasteiger partial charge on any atom is 0.0499 e. The highest BCUT2D eigenvalue weighted by atomic mass is 32.2. The fraction of sp³-hybridized carbons (Fsp3) is 0.333. The van der Waals surface area contributed by atoms with Crippen LogP contribution < -0.4 is 11.1 Å². The summed E-state index contributed by atoms with van der Waals surface area (Å²) in [6, 6.07) is 6.06. The second-order valence-electron chi connectivity index (χ2n) is 2.88. The van der Waals surface area contributed by atoms with Gasteiger partial charge in [-0.05, 0) is 30.4 Å². The van der Waals surface area contributed by atoms with E-state index in [9.17, 15) is 0 Å². The third-order valence-electron chi connectivity index (χ3n) is 1.90. The van der Waals surface area contributed by atoms with Crippen molar-refractivity contribution in [1.29, 1.82) is 0 Å². The van der Waals surface area contributed by atoms with E-state index in [0.29, 0.717) is 0 Å². The quantitative estimate of drug-likeness (QED) is 0.601. The van der Waals surface area contributed by atoms with Gasteiger partial charge in [0.25, 0.3) is 0 Å². The zero-order valence-electron chi connectivity index (χ0n) is 6.84. The van der Waals surface area contributed by atoms with Gasteiger partial charge in [0.05, 0.1) is 0 Å². The fourth-order valence-corrected chi connectivity index (χ4v) is 2.25. The van der Waals surface area contributed by atoms with Crippen LogP contribution in [0.3, 0.4) is 0 Å². The lowest BCUT2D eigenvalue weighted by Gasteiger charge is -2.06. The molecule has 0 aromatic heterocycles. The van der Waals surface area contributed by atoms with E-state index in [2.05, 4.69) is 11.4 Å². The van der Waals surface area contributed by atoms with Gasteiger partial charge in [-0.2, -0.15) is 0 Å². The normalized spacial score (nSPS) is 16.0. The van der Waals surface area contributed by atoms with Crippen LogP contribution in [0, 0.1) is 0 Å². The van der Waals surface area contributed by atoms with Gasteiger partial charge in [0, 0.05) is 22.8 Å². The summed E-state index contributed by atoms with van der Waals surface area (Å²) in [7, 11) is 0. The van der Waals surface area contributed by atoms with Crippen molar-refractivity contribution in [2.45, 2.75) is 11.3 Å². The van der Waals surface area contributed by atoms with Crippen LogP contribution in [0.5, 0.6) is 0 Å². The van der Waals surface area contributed by atoms with Crippen LogP contribution in [-0.2, 0) is 0 Å². The lowest BCUT2D eigenvalue weighted by Crippen LogP contribution is -2.00. The van der Waals surface area contributed by atoms with E-state index >= 15 is 0 Å². The minimum atomic E-state index is 0.837. The topological polar surface area (TPSA) is 38.0 Å². The summed E-state index contributed by atoms with van der Waals surface area (Å²) in [5.41, 5.74) is 7.71. The SMILES string of the molecule is Nc1ccc2c(c1)NCCCS2. The number of nitrogens with one attached hydrogen (secondary N) is 1. The van der Waals surface area contributed by atoms with Gasteiger partial charge in [0.2, 0.25) is 0 Å². The van der Waals surface area contributed by atoms with E-state index in [1.807, 2.05) is 23.9 Å². The minimum absolute atomic E-state index is 0.837. The number of thioether (sulfide) groups is 1. The van der Waals surface area contributed by atoms with Gasteiger partial charge in [-0.25, -0.2) is 0 Å². The Kier molecular flexibility index (Phi) is 2.13. The van der Waals surface area contributed by atoms with Gasteiger partial charge in [-0.1, -0.05) is 0 Å². The largest absolute Gasteiger partial charge is 0.399 e. The van der Waals surface area contributed by atoms with E-state index in [1.165, 1.54) is 22.8 Å². The van der Waals surface area contributed by atoms with Gasteiger partial charge >= 0.3 is 0 Å². The van der Waals surface area contributed by atoms with Crippen molar-refractivity contribution in [3.05, 3.63) is 18.2 Å². The Morgan fingerprint density at radius 1 is 1.42 bits per heavy atom. The highest BCUT2D eigenvalue weighted by molar-refractivity contribution is 7.99. The Labute approximate surface area is 76.5 Å². The summed E-state index contributed by atoms with van der Waals surface area (Å²) in [5, 5.41) is 3.37. The summed E-state index contributed by atoms with van der Waals surface area (Å²) in [4.78, 5) is 1.32. The molecular weight excluding hydrogens is 168 g/mol. The van der Waals surface area contributed by atoms with Gasteiger partial charge in [0.15, 0.2) is 0 Å². The first-order valence-electron chi connectivity index (χ1n) is 4.12. The molecule has 1 aromatic carbocycles. The summed E-state index contributed by atoms with van der Waals surface area (Å²) in [6.45, 7) is 1.06. The first-order valence-corrected chi connectivity index (χ1v) is 5.11. The molecule has 1 heterocycles. The number of anilines is 2. The van der Waals surface area contributed by atoms with Crippen molar-refractivity contribution in [1.82, 2.24) is 0 Å². The number of hydrogen-bond acceptors (Lipinski definition) is 3. The standard InChI is InChI=1S/C9H12N2S/c10-7-2-3-9-8(6-7)11-4-1-5-12-9/h2-3,6,11H,1,4-5,10H2. The Balaban J connectivity index is 2.36. The summed E-state index contributed by atoms with van der Waals surface area (Å²) in [6.07, 6.45) is 1.22. The second kappa shape index (κ2) is 3.27. The van der Waals surface area contributed by atoms with Crippen LogP contribution >= 0.6 is 11.8 Å². The number of benzene rings is 1. The second-order valence-corrected chi connectivity index (χ2v) is 4.02. The summed E-state index contributed by atoms with van der Waals surface area (Å²) >= 11 is 1.90. The molecule has 3 N–H and O–H groups in total. The Morgan fingerprint density at radius 2 is 2.33 bits per heavy atom. The molecule has 1 aliphatic rings. The van der Waals surface area contributed by atoms with E-state index in [0.717, 1.165) is 12.2 Å².